The number of ether oxygens (including phenoxy) is 1. The number of nitrogens with one attached hydrogen (secondary N) is 1. The summed E-state index contributed by atoms with van der Waals surface area (Å²) in [5, 5.41) is 12.1. The standard InChI is InChI=1S/C29H39ClFN3O3/c1-19-20(2)28(37-14-4-11-33(3)12-13-35)10-6-22(19)18-34-24-7-8-25(34)17-23(16-24)32-29(36)21-5-9-27(31)26(30)15-21/h5-6,9-10,15,23-25,35H,4,7-8,11-14,16-18H2,1-3H3,(H,32,36). The van der Waals surface area contributed by atoms with Crippen molar-refractivity contribution in [1.82, 2.24) is 15.1 Å². The fourth-order valence-corrected chi connectivity index (χ4v) is 5.91. The molecule has 2 heterocycles. The minimum atomic E-state index is -0.517. The zero-order chi connectivity index (χ0) is 26.5. The average molecular weight is 532 g/mol. The quantitative estimate of drug-likeness (QED) is 0.411. The van der Waals surface area contributed by atoms with Crippen LogP contribution >= 0.6 is 11.6 Å². The molecule has 2 unspecified atom stereocenters. The highest BCUT2D eigenvalue weighted by molar-refractivity contribution is 6.31. The Morgan fingerprint density at radius 1 is 1.16 bits per heavy atom. The summed E-state index contributed by atoms with van der Waals surface area (Å²) in [4.78, 5) is 17.4. The Labute approximate surface area is 224 Å². The van der Waals surface area contributed by atoms with Crippen molar-refractivity contribution < 1.29 is 19.0 Å². The Bertz CT molecular complexity index is 1080. The summed E-state index contributed by atoms with van der Waals surface area (Å²) in [6.07, 6.45) is 5.04. The normalized spacial score (nSPS) is 21.4. The number of likely N-dealkylation sites (N-methyl/N-ethyl adjacent to an activating group) is 1. The number of nitrogens with zero attached hydrogens (tertiary/aromatic N) is 2. The molecule has 2 N–H and O–H groups in total. The van der Waals surface area contributed by atoms with Gasteiger partial charge in [0.1, 0.15) is 11.6 Å². The van der Waals surface area contributed by atoms with E-state index in [9.17, 15) is 9.18 Å². The van der Waals surface area contributed by atoms with Gasteiger partial charge in [0.15, 0.2) is 0 Å². The number of amides is 1. The summed E-state index contributed by atoms with van der Waals surface area (Å²) in [5.74, 6) is 0.231. The van der Waals surface area contributed by atoms with Crippen molar-refractivity contribution in [3.63, 3.8) is 0 Å². The Morgan fingerprint density at radius 3 is 2.57 bits per heavy atom. The van der Waals surface area contributed by atoms with Gasteiger partial charge in [0.05, 0.1) is 18.2 Å². The highest BCUT2D eigenvalue weighted by Crippen LogP contribution is 2.38. The summed E-state index contributed by atoms with van der Waals surface area (Å²) in [7, 11) is 2.01. The molecule has 0 spiro atoms. The van der Waals surface area contributed by atoms with Crippen molar-refractivity contribution in [2.24, 2.45) is 0 Å². The maximum atomic E-state index is 13.5. The lowest BCUT2D eigenvalue weighted by Gasteiger charge is -2.39. The van der Waals surface area contributed by atoms with Gasteiger partial charge in [-0.1, -0.05) is 17.7 Å². The van der Waals surface area contributed by atoms with Gasteiger partial charge in [-0.3, -0.25) is 9.69 Å². The van der Waals surface area contributed by atoms with Gasteiger partial charge in [0.2, 0.25) is 0 Å². The van der Waals surface area contributed by atoms with Crippen molar-refractivity contribution >= 4 is 17.5 Å². The molecule has 2 fully saturated rings. The maximum Gasteiger partial charge on any atom is 0.251 e. The Kier molecular flexibility index (Phi) is 9.46. The van der Waals surface area contributed by atoms with E-state index in [0.717, 1.165) is 50.9 Å². The number of carbonyl (C=O) groups is 1. The monoisotopic (exact) mass is 531 g/mol. The van der Waals surface area contributed by atoms with Gasteiger partial charge >= 0.3 is 0 Å². The molecular formula is C29H39ClFN3O3. The van der Waals surface area contributed by atoms with E-state index in [4.69, 9.17) is 21.4 Å². The predicted octanol–water partition coefficient (Wildman–Crippen LogP) is 4.71. The Balaban J connectivity index is 1.31. The maximum absolute atomic E-state index is 13.5. The predicted molar refractivity (Wildman–Crippen MR) is 145 cm³/mol. The fraction of sp³-hybridized carbons (Fsp3) is 0.552. The van der Waals surface area contributed by atoms with Crippen molar-refractivity contribution in [3.8, 4) is 5.75 Å². The van der Waals surface area contributed by atoms with Gasteiger partial charge in [0, 0.05) is 43.3 Å². The second kappa shape index (κ2) is 12.6. The van der Waals surface area contributed by atoms with Gasteiger partial charge in [-0.2, -0.15) is 0 Å². The molecule has 2 aliphatic rings. The molecule has 0 aliphatic carbocycles. The number of carbonyl (C=O) groups excluding carboxylic acids is 1. The first-order valence-electron chi connectivity index (χ1n) is 13.3. The third kappa shape index (κ3) is 6.82. The van der Waals surface area contributed by atoms with Gasteiger partial charge < -0.3 is 20.1 Å². The van der Waals surface area contributed by atoms with Crippen LogP contribution in [0.25, 0.3) is 0 Å². The minimum Gasteiger partial charge on any atom is -0.493 e. The third-order valence-corrected chi connectivity index (χ3v) is 8.32. The van der Waals surface area contributed by atoms with Crippen LogP contribution in [0.1, 0.15) is 59.2 Å². The largest absolute Gasteiger partial charge is 0.493 e. The highest BCUT2D eigenvalue weighted by atomic mass is 35.5. The molecule has 0 radical (unpaired) electrons. The van der Waals surface area contributed by atoms with Gasteiger partial charge in [0.25, 0.3) is 5.91 Å². The van der Waals surface area contributed by atoms with Crippen LogP contribution in [-0.2, 0) is 6.54 Å². The summed E-state index contributed by atoms with van der Waals surface area (Å²) < 4.78 is 19.5. The average Bonchev–Trinajstić information content (AvgIpc) is 3.09. The van der Waals surface area contributed by atoms with E-state index in [0.29, 0.717) is 30.8 Å². The van der Waals surface area contributed by atoms with E-state index in [-0.39, 0.29) is 23.6 Å². The van der Waals surface area contributed by atoms with Gasteiger partial charge in [-0.05, 0) is 94.0 Å². The van der Waals surface area contributed by atoms with Crippen LogP contribution in [0.2, 0.25) is 5.02 Å². The lowest BCUT2D eigenvalue weighted by atomic mass is 9.94. The molecule has 202 valence electrons. The van der Waals surface area contributed by atoms with E-state index in [1.54, 1.807) is 0 Å². The number of piperidine rings is 1. The van der Waals surface area contributed by atoms with E-state index >= 15 is 0 Å². The number of benzene rings is 2. The van der Waals surface area contributed by atoms with Crippen LogP contribution in [0, 0.1) is 19.7 Å². The first kappa shape index (κ1) is 27.8. The van der Waals surface area contributed by atoms with E-state index in [2.05, 4.69) is 41.1 Å². The van der Waals surface area contributed by atoms with Crippen molar-refractivity contribution in [2.75, 3.05) is 33.4 Å². The van der Waals surface area contributed by atoms with Gasteiger partial charge in [-0.15, -0.1) is 0 Å². The van der Waals surface area contributed by atoms with Gasteiger partial charge in [-0.25, -0.2) is 4.39 Å². The van der Waals surface area contributed by atoms with Crippen LogP contribution in [0.15, 0.2) is 30.3 Å². The second-order valence-electron chi connectivity index (χ2n) is 10.5. The fourth-order valence-electron chi connectivity index (χ4n) is 5.73. The summed E-state index contributed by atoms with van der Waals surface area (Å²) in [6.45, 7) is 7.62. The number of halogens is 2. The number of aliphatic hydroxyl groups excluding tert-OH is 1. The molecule has 2 aromatic rings. The third-order valence-electron chi connectivity index (χ3n) is 8.03. The molecule has 4 rings (SSSR count). The summed E-state index contributed by atoms with van der Waals surface area (Å²) in [6, 6.07) is 9.39. The SMILES string of the molecule is Cc1c(CN2C3CCC2CC(NC(=O)c2ccc(F)c(Cl)c2)C3)ccc(OCCCN(C)CCO)c1C. The van der Waals surface area contributed by atoms with Crippen LogP contribution in [0.3, 0.4) is 0 Å². The Morgan fingerprint density at radius 2 is 1.89 bits per heavy atom. The number of fused-ring (bicyclic) bond motifs is 2. The number of aliphatic hydroxyl groups is 1. The van der Waals surface area contributed by atoms with Crippen LogP contribution in [-0.4, -0.2) is 72.3 Å². The summed E-state index contributed by atoms with van der Waals surface area (Å²) >= 11 is 5.86. The van der Waals surface area contributed by atoms with E-state index in [1.165, 1.54) is 34.9 Å². The minimum absolute atomic E-state index is 0.0322. The molecule has 6 nitrogen and oxygen atoms in total. The molecule has 8 heteroatoms. The Hall–Kier alpha value is -2.19. The molecule has 1 amide bonds. The molecule has 2 atom stereocenters. The smallest absolute Gasteiger partial charge is 0.251 e. The molecule has 2 saturated heterocycles. The number of hydrogen-bond donors (Lipinski definition) is 2. The second-order valence-corrected chi connectivity index (χ2v) is 10.9. The van der Waals surface area contributed by atoms with E-state index < -0.39 is 5.82 Å². The zero-order valence-corrected chi connectivity index (χ0v) is 22.9. The first-order chi connectivity index (χ1) is 17.8. The van der Waals surface area contributed by atoms with Crippen LogP contribution in [0.5, 0.6) is 5.75 Å². The molecule has 0 aromatic heterocycles. The molecule has 2 aromatic carbocycles. The summed E-state index contributed by atoms with van der Waals surface area (Å²) in [5.41, 5.74) is 4.19. The zero-order valence-electron chi connectivity index (χ0n) is 22.1. The molecule has 37 heavy (non-hydrogen) atoms. The highest BCUT2D eigenvalue weighted by Gasteiger charge is 2.41. The lowest BCUT2D eigenvalue weighted by molar-refractivity contribution is 0.0827. The topological polar surface area (TPSA) is 65.0 Å². The van der Waals surface area contributed by atoms with Crippen molar-refractivity contribution in [2.45, 2.75) is 70.6 Å². The molecular weight excluding hydrogens is 493 g/mol. The van der Waals surface area contributed by atoms with E-state index in [1.807, 2.05) is 7.05 Å². The number of hydrogen-bond acceptors (Lipinski definition) is 5. The van der Waals surface area contributed by atoms with Crippen molar-refractivity contribution in [3.05, 3.63) is 63.4 Å². The van der Waals surface area contributed by atoms with Crippen LogP contribution < -0.4 is 10.1 Å². The van der Waals surface area contributed by atoms with Crippen molar-refractivity contribution in [1.29, 1.82) is 0 Å². The number of rotatable bonds is 11. The molecule has 2 aliphatic heterocycles. The first-order valence-corrected chi connectivity index (χ1v) is 13.7. The molecule has 2 bridgehead atoms. The lowest BCUT2D eigenvalue weighted by Crippen LogP contribution is -2.50. The van der Waals surface area contributed by atoms with Crippen LogP contribution in [0.4, 0.5) is 4.39 Å². The molecule has 0 saturated carbocycles.